The largest absolute Gasteiger partial charge is 0.372 e. The molecule has 1 saturated heterocycles. The van der Waals surface area contributed by atoms with Crippen molar-refractivity contribution in [3.8, 4) is 0 Å². The van der Waals surface area contributed by atoms with Gasteiger partial charge in [0.15, 0.2) is 0 Å². The number of hydrogen-bond acceptors (Lipinski definition) is 5. The summed E-state index contributed by atoms with van der Waals surface area (Å²) in [7, 11) is 0. The molecule has 1 aliphatic heterocycles. The Bertz CT molecular complexity index is 892. The maximum atomic E-state index is 11.9. The zero-order valence-electron chi connectivity index (χ0n) is 16.8. The van der Waals surface area contributed by atoms with Gasteiger partial charge >= 0.3 is 11.8 Å². The lowest BCUT2D eigenvalue weighted by molar-refractivity contribution is -0.384. The van der Waals surface area contributed by atoms with E-state index in [-0.39, 0.29) is 11.4 Å². The average Bonchev–Trinajstić information content (AvgIpc) is 2.77. The predicted molar refractivity (Wildman–Crippen MR) is 116 cm³/mol. The molecule has 2 amide bonds. The summed E-state index contributed by atoms with van der Waals surface area (Å²) >= 11 is 0. The molecule has 0 radical (unpaired) electrons. The van der Waals surface area contributed by atoms with Gasteiger partial charge < -0.3 is 15.5 Å². The van der Waals surface area contributed by atoms with Gasteiger partial charge in [0.2, 0.25) is 0 Å². The lowest BCUT2D eigenvalue weighted by Crippen LogP contribution is -2.36. The standard InChI is InChI=1S/C22H26N4O4/c27-21(22(28)24-18-7-4-8-20(16-18)26(29)30)23-13-5-6-17-9-11-19(12-10-17)25-14-2-1-3-15-25/h4,7-12,16H,1-3,5-6,13-15H2,(H,23,27)(H,24,28). The first-order chi connectivity index (χ1) is 14.5. The number of carbonyl (C=O) groups excluding carboxylic acids is 2. The molecule has 8 nitrogen and oxygen atoms in total. The van der Waals surface area contributed by atoms with Crippen LogP contribution in [-0.2, 0) is 16.0 Å². The molecule has 0 bridgehead atoms. The molecule has 3 rings (SSSR count). The zero-order valence-corrected chi connectivity index (χ0v) is 16.8. The van der Waals surface area contributed by atoms with Gasteiger partial charge in [-0.2, -0.15) is 0 Å². The molecular formula is C22H26N4O4. The third-order valence-electron chi connectivity index (χ3n) is 5.11. The molecule has 2 N–H and O–H groups in total. The van der Waals surface area contributed by atoms with Crippen LogP contribution in [0.15, 0.2) is 48.5 Å². The van der Waals surface area contributed by atoms with Crippen molar-refractivity contribution in [2.45, 2.75) is 32.1 Å². The molecule has 1 aliphatic rings. The van der Waals surface area contributed by atoms with Crippen molar-refractivity contribution in [2.75, 3.05) is 29.9 Å². The van der Waals surface area contributed by atoms with E-state index in [1.807, 2.05) is 0 Å². The van der Waals surface area contributed by atoms with Crippen LogP contribution < -0.4 is 15.5 Å². The third-order valence-corrected chi connectivity index (χ3v) is 5.11. The average molecular weight is 410 g/mol. The summed E-state index contributed by atoms with van der Waals surface area (Å²) in [6.45, 7) is 2.60. The van der Waals surface area contributed by atoms with Gasteiger partial charge in [0.25, 0.3) is 5.69 Å². The molecule has 0 saturated carbocycles. The SMILES string of the molecule is O=C(NCCCc1ccc(N2CCCCC2)cc1)C(=O)Nc1cccc([N+](=O)[O-])c1. The number of nitro benzene ring substituents is 1. The molecule has 30 heavy (non-hydrogen) atoms. The van der Waals surface area contributed by atoms with Crippen LogP contribution in [0.5, 0.6) is 0 Å². The molecule has 0 aliphatic carbocycles. The monoisotopic (exact) mass is 410 g/mol. The number of anilines is 2. The Morgan fingerprint density at radius 1 is 1.00 bits per heavy atom. The van der Waals surface area contributed by atoms with E-state index in [0.717, 1.165) is 19.5 Å². The van der Waals surface area contributed by atoms with E-state index >= 15 is 0 Å². The highest BCUT2D eigenvalue weighted by molar-refractivity contribution is 6.39. The van der Waals surface area contributed by atoms with Gasteiger partial charge in [-0.3, -0.25) is 19.7 Å². The molecular weight excluding hydrogens is 384 g/mol. The predicted octanol–water partition coefficient (Wildman–Crippen LogP) is 3.27. The zero-order chi connectivity index (χ0) is 21.3. The van der Waals surface area contributed by atoms with Crippen LogP contribution in [0.3, 0.4) is 0 Å². The van der Waals surface area contributed by atoms with E-state index < -0.39 is 16.7 Å². The first-order valence-electron chi connectivity index (χ1n) is 10.2. The number of nitrogens with one attached hydrogen (secondary N) is 2. The molecule has 2 aromatic rings. The summed E-state index contributed by atoms with van der Waals surface area (Å²) in [5, 5.41) is 15.7. The Labute approximate surface area is 175 Å². The minimum atomic E-state index is -0.846. The number of benzene rings is 2. The van der Waals surface area contributed by atoms with E-state index in [2.05, 4.69) is 39.8 Å². The van der Waals surface area contributed by atoms with Crippen LogP contribution >= 0.6 is 0 Å². The first kappa shape index (κ1) is 21.3. The fourth-order valence-electron chi connectivity index (χ4n) is 3.49. The Morgan fingerprint density at radius 3 is 2.43 bits per heavy atom. The smallest absolute Gasteiger partial charge is 0.313 e. The van der Waals surface area contributed by atoms with Gasteiger partial charge in [-0.25, -0.2) is 0 Å². The number of nitro groups is 1. The van der Waals surface area contributed by atoms with Gasteiger partial charge in [0, 0.05) is 43.1 Å². The van der Waals surface area contributed by atoms with Crippen molar-refractivity contribution in [3.63, 3.8) is 0 Å². The first-order valence-corrected chi connectivity index (χ1v) is 10.2. The van der Waals surface area contributed by atoms with Gasteiger partial charge in [-0.1, -0.05) is 18.2 Å². The van der Waals surface area contributed by atoms with Crippen LogP contribution in [0.1, 0.15) is 31.2 Å². The molecule has 0 unspecified atom stereocenters. The highest BCUT2D eigenvalue weighted by Gasteiger charge is 2.15. The molecule has 1 heterocycles. The minimum absolute atomic E-state index is 0.153. The number of piperidine rings is 1. The van der Waals surface area contributed by atoms with Gasteiger partial charge in [-0.15, -0.1) is 0 Å². The second-order valence-corrected chi connectivity index (χ2v) is 7.34. The number of carbonyl (C=O) groups is 2. The second-order valence-electron chi connectivity index (χ2n) is 7.34. The fourth-order valence-corrected chi connectivity index (χ4v) is 3.49. The van der Waals surface area contributed by atoms with E-state index in [9.17, 15) is 19.7 Å². The molecule has 0 spiro atoms. The summed E-state index contributed by atoms with van der Waals surface area (Å²) in [5.74, 6) is -1.61. The van der Waals surface area contributed by atoms with E-state index in [4.69, 9.17) is 0 Å². The number of hydrogen-bond donors (Lipinski definition) is 2. The molecule has 0 aromatic heterocycles. The van der Waals surface area contributed by atoms with Crippen molar-refractivity contribution < 1.29 is 14.5 Å². The normalized spacial score (nSPS) is 13.5. The Hall–Kier alpha value is -3.42. The van der Waals surface area contributed by atoms with Crippen LogP contribution in [-0.4, -0.2) is 36.4 Å². The highest BCUT2D eigenvalue weighted by atomic mass is 16.6. The third kappa shape index (κ3) is 6.04. The van der Waals surface area contributed by atoms with Gasteiger partial charge in [0.05, 0.1) is 4.92 Å². The summed E-state index contributed by atoms with van der Waals surface area (Å²) in [4.78, 5) is 36.5. The molecule has 8 heteroatoms. The van der Waals surface area contributed by atoms with E-state index in [1.165, 1.54) is 54.8 Å². The highest BCUT2D eigenvalue weighted by Crippen LogP contribution is 2.20. The molecule has 1 fully saturated rings. The number of amides is 2. The van der Waals surface area contributed by atoms with Gasteiger partial charge in [-0.05, 0) is 55.9 Å². The van der Waals surface area contributed by atoms with Crippen LogP contribution in [0.2, 0.25) is 0 Å². The number of nitrogens with zero attached hydrogens (tertiary/aromatic N) is 2. The number of rotatable bonds is 7. The summed E-state index contributed by atoms with van der Waals surface area (Å²) in [5.41, 5.74) is 2.49. The van der Waals surface area contributed by atoms with Crippen LogP contribution in [0.25, 0.3) is 0 Å². The van der Waals surface area contributed by atoms with Crippen molar-refractivity contribution in [1.82, 2.24) is 5.32 Å². The maximum Gasteiger partial charge on any atom is 0.313 e. The van der Waals surface area contributed by atoms with Crippen molar-refractivity contribution in [2.24, 2.45) is 0 Å². The Balaban J connectivity index is 1.39. The van der Waals surface area contributed by atoms with Crippen molar-refractivity contribution >= 4 is 28.9 Å². The topological polar surface area (TPSA) is 105 Å². The van der Waals surface area contributed by atoms with E-state index in [0.29, 0.717) is 13.0 Å². The second kappa shape index (κ2) is 10.4. The van der Waals surface area contributed by atoms with E-state index in [1.54, 1.807) is 0 Å². The maximum absolute atomic E-state index is 11.9. The van der Waals surface area contributed by atoms with Crippen molar-refractivity contribution in [1.29, 1.82) is 0 Å². The molecule has 158 valence electrons. The number of non-ortho nitro benzene ring substituents is 1. The van der Waals surface area contributed by atoms with Gasteiger partial charge in [0.1, 0.15) is 0 Å². The quantitative estimate of drug-likeness (QED) is 0.315. The fraction of sp³-hybridized carbons (Fsp3) is 0.364. The summed E-state index contributed by atoms with van der Waals surface area (Å²) in [6.07, 6.45) is 5.31. The Morgan fingerprint density at radius 2 is 1.73 bits per heavy atom. The number of aryl methyl sites for hydroxylation is 1. The minimum Gasteiger partial charge on any atom is -0.372 e. The summed E-state index contributed by atoms with van der Waals surface area (Å²) < 4.78 is 0. The van der Waals surface area contributed by atoms with Crippen molar-refractivity contribution in [3.05, 3.63) is 64.2 Å². The lowest BCUT2D eigenvalue weighted by Gasteiger charge is -2.28. The van der Waals surface area contributed by atoms with Crippen LogP contribution in [0.4, 0.5) is 17.1 Å². The Kier molecular flexibility index (Phi) is 7.37. The lowest BCUT2D eigenvalue weighted by atomic mass is 10.1. The van der Waals surface area contributed by atoms with Crippen LogP contribution in [0, 0.1) is 10.1 Å². The summed E-state index contributed by atoms with van der Waals surface area (Å²) in [6, 6.07) is 14.0. The molecule has 2 aromatic carbocycles. The molecule has 0 atom stereocenters.